The number of amides is 2. The minimum Gasteiger partial charge on any atom is -0.495 e. The molecular weight excluding hydrogens is 296 g/mol. The first-order valence-corrected chi connectivity index (χ1v) is 6.83. The molecule has 6 nitrogen and oxygen atoms in total. The number of methoxy groups -OCH3 is 2. The first-order valence-electron chi connectivity index (χ1n) is 6.45. The van der Waals surface area contributed by atoms with Crippen molar-refractivity contribution < 1.29 is 19.1 Å². The highest BCUT2D eigenvalue weighted by molar-refractivity contribution is 6.32. The minimum absolute atomic E-state index is 0.221. The summed E-state index contributed by atoms with van der Waals surface area (Å²) in [6.07, 6.45) is 0. The zero-order chi connectivity index (χ0) is 15.7. The van der Waals surface area contributed by atoms with Crippen molar-refractivity contribution >= 4 is 29.1 Å². The first-order chi connectivity index (χ1) is 9.90. The molecule has 1 aromatic carbocycles. The molecule has 1 aliphatic heterocycles. The summed E-state index contributed by atoms with van der Waals surface area (Å²) in [6.45, 7) is 3.29. The van der Waals surface area contributed by atoms with Gasteiger partial charge in [-0.15, -0.1) is 0 Å². The van der Waals surface area contributed by atoms with Gasteiger partial charge in [-0.3, -0.25) is 14.5 Å². The van der Waals surface area contributed by atoms with Crippen LogP contribution in [0.4, 0.5) is 5.69 Å². The van der Waals surface area contributed by atoms with Gasteiger partial charge in [0.25, 0.3) is 0 Å². The summed E-state index contributed by atoms with van der Waals surface area (Å²) in [5, 5.41) is 2.96. The van der Waals surface area contributed by atoms with Crippen LogP contribution in [0, 0.1) is 0 Å². The van der Waals surface area contributed by atoms with E-state index in [9.17, 15) is 9.59 Å². The van der Waals surface area contributed by atoms with Gasteiger partial charge in [0.15, 0.2) is 0 Å². The number of hydrogen-bond acceptors (Lipinski definition) is 4. The molecule has 21 heavy (non-hydrogen) atoms. The van der Waals surface area contributed by atoms with Gasteiger partial charge < -0.3 is 14.8 Å². The van der Waals surface area contributed by atoms with E-state index in [1.807, 2.05) is 0 Å². The third-order valence-corrected chi connectivity index (χ3v) is 3.74. The van der Waals surface area contributed by atoms with E-state index in [1.54, 1.807) is 26.0 Å². The van der Waals surface area contributed by atoms with Gasteiger partial charge in [-0.05, 0) is 19.9 Å². The fourth-order valence-corrected chi connectivity index (χ4v) is 2.51. The average Bonchev–Trinajstić information content (AvgIpc) is 2.46. The molecule has 2 amide bonds. The number of carbonyl (C=O) groups is 2. The molecule has 0 aromatic heterocycles. The summed E-state index contributed by atoms with van der Waals surface area (Å²) in [7, 11) is 2.97. The molecule has 0 saturated carbocycles. The van der Waals surface area contributed by atoms with Gasteiger partial charge in [0, 0.05) is 6.07 Å². The number of halogens is 1. The molecule has 114 valence electrons. The van der Waals surface area contributed by atoms with Crippen LogP contribution in [0.25, 0.3) is 0 Å². The number of ether oxygens (including phenoxy) is 2. The van der Waals surface area contributed by atoms with Crippen molar-refractivity contribution in [1.82, 2.24) is 5.32 Å². The van der Waals surface area contributed by atoms with Crippen molar-refractivity contribution in [3.8, 4) is 11.5 Å². The second-order valence-corrected chi connectivity index (χ2v) is 5.18. The number of benzene rings is 1. The van der Waals surface area contributed by atoms with E-state index < -0.39 is 12.1 Å². The summed E-state index contributed by atoms with van der Waals surface area (Å²) < 4.78 is 10.4. The molecule has 2 atom stereocenters. The molecule has 0 radical (unpaired) electrons. The van der Waals surface area contributed by atoms with Crippen LogP contribution in [-0.4, -0.2) is 38.1 Å². The zero-order valence-corrected chi connectivity index (χ0v) is 13.0. The maximum absolute atomic E-state index is 12.4. The molecule has 2 unspecified atom stereocenters. The van der Waals surface area contributed by atoms with Gasteiger partial charge in [0.05, 0.1) is 24.9 Å². The fourth-order valence-electron chi connectivity index (χ4n) is 2.27. The molecule has 1 fully saturated rings. The minimum atomic E-state index is -0.646. The van der Waals surface area contributed by atoms with Crippen LogP contribution in [0.5, 0.6) is 11.5 Å². The Balaban J connectivity index is 2.55. The predicted octanol–water partition coefficient (Wildman–Crippen LogP) is 1.60. The molecule has 1 aliphatic rings. The lowest BCUT2D eigenvalue weighted by molar-refractivity contribution is -0.133. The van der Waals surface area contributed by atoms with Crippen LogP contribution >= 0.6 is 11.6 Å². The van der Waals surface area contributed by atoms with Gasteiger partial charge in [0.1, 0.15) is 23.6 Å². The van der Waals surface area contributed by atoms with Crippen molar-refractivity contribution in [1.29, 1.82) is 0 Å². The van der Waals surface area contributed by atoms with E-state index in [4.69, 9.17) is 21.1 Å². The Bertz CT molecular complexity index is 591. The summed E-state index contributed by atoms with van der Waals surface area (Å²) in [5.74, 6) is 0.406. The summed E-state index contributed by atoms with van der Waals surface area (Å²) in [4.78, 5) is 25.7. The molecule has 7 heteroatoms. The van der Waals surface area contributed by atoms with Crippen molar-refractivity contribution in [3.05, 3.63) is 17.2 Å². The topological polar surface area (TPSA) is 67.9 Å². The number of rotatable bonds is 3. The van der Waals surface area contributed by atoms with Crippen LogP contribution < -0.4 is 19.7 Å². The average molecular weight is 313 g/mol. The van der Waals surface area contributed by atoms with E-state index in [-0.39, 0.29) is 11.8 Å². The summed E-state index contributed by atoms with van der Waals surface area (Å²) in [5.41, 5.74) is 0.447. The Morgan fingerprint density at radius 3 is 2.33 bits per heavy atom. The van der Waals surface area contributed by atoms with Crippen LogP contribution in [0.3, 0.4) is 0 Å². The molecule has 1 heterocycles. The highest BCUT2D eigenvalue weighted by Gasteiger charge is 2.38. The number of anilines is 1. The Labute approximate surface area is 128 Å². The monoisotopic (exact) mass is 312 g/mol. The molecule has 1 aromatic rings. The second-order valence-electron chi connectivity index (χ2n) is 4.77. The smallest absolute Gasteiger partial charge is 0.250 e. The maximum atomic E-state index is 12.4. The van der Waals surface area contributed by atoms with Crippen molar-refractivity contribution in [2.24, 2.45) is 0 Å². The van der Waals surface area contributed by atoms with E-state index >= 15 is 0 Å². The lowest BCUT2D eigenvalue weighted by Crippen LogP contribution is -2.61. The first kappa shape index (κ1) is 15.4. The third kappa shape index (κ3) is 2.63. The molecule has 0 spiro atoms. The van der Waals surface area contributed by atoms with Crippen LogP contribution in [0.1, 0.15) is 13.8 Å². The highest BCUT2D eigenvalue weighted by atomic mass is 35.5. The summed E-state index contributed by atoms with van der Waals surface area (Å²) >= 11 is 6.13. The van der Waals surface area contributed by atoms with Crippen LogP contribution in [0.2, 0.25) is 5.02 Å². The third-order valence-electron chi connectivity index (χ3n) is 3.45. The van der Waals surface area contributed by atoms with Crippen molar-refractivity contribution in [3.63, 3.8) is 0 Å². The summed E-state index contributed by atoms with van der Waals surface area (Å²) in [6, 6.07) is 1.92. The highest BCUT2D eigenvalue weighted by Crippen LogP contribution is 2.39. The molecular formula is C14H17ClN2O4. The fraction of sp³-hybridized carbons (Fsp3) is 0.429. The Morgan fingerprint density at radius 1 is 1.14 bits per heavy atom. The molecule has 1 saturated heterocycles. The van der Waals surface area contributed by atoms with Gasteiger partial charge in [-0.1, -0.05) is 11.6 Å². The lowest BCUT2D eigenvalue weighted by Gasteiger charge is -2.36. The SMILES string of the molecule is COc1cc(OC)c(N2C(=O)C(C)NC(=O)C2C)cc1Cl. The normalized spacial score (nSPS) is 22.0. The van der Waals surface area contributed by atoms with E-state index in [2.05, 4.69) is 5.32 Å². The lowest BCUT2D eigenvalue weighted by atomic mass is 10.1. The number of nitrogens with zero attached hydrogens (tertiary/aromatic N) is 1. The van der Waals surface area contributed by atoms with E-state index in [0.717, 1.165) is 0 Å². The number of hydrogen-bond donors (Lipinski definition) is 1. The standard InChI is InChI=1S/C14H17ClN2O4/c1-7-14(19)17(8(2)13(18)16-7)10-5-9(15)11(20-3)6-12(10)21-4/h5-8H,1-4H3,(H,16,18). The number of nitrogens with one attached hydrogen (secondary N) is 1. The zero-order valence-electron chi connectivity index (χ0n) is 12.3. The predicted molar refractivity (Wildman–Crippen MR) is 79.1 cm³/mol. The van der Waals surface area contributed by atoms with Gasteiger partial charge in [-0.2, -0.15) is 0 Å². The molecule has 2 rings (SSSR count). The number of piperazine rings is 1. The van der Waals surface area contributed by atoms with Crippen LogP contribution in [-0.2, 0) is 9.59 Å². The van der Waals surface area contributed by atoms with Crippen molar-refractivity contribution in [2.75, 3.05) is 19.1 Å². The molecule has 0 aliphatic carbocycles. The Hall–Kier alpha value is -1.95. The number of carbonyl (C=O) groups excluding carboxylic acids is 2. The van der Waals surface area contributed by atoms with E-state index in [1.165, 1.54) is 19.1 Å². The van der Waals surface area contributed by atoms with Crippen molar-refractivity contribution in [2.45, 2.75) is 25.9 Å². The van der Waals surface area contributed by atoms with Gasteiger partial charge >= 0.3 is 0 Å². The van der Waals surface area contributed by atoms with Gasteiger partial charge in [0.2, 0.25) is 11.8 Å². The quantitative estimate of drug-likeness (QED) is 0.920. The Morgan fingerprint density at radius 2 is 1.76 bits per heavy atom. The Kier molecular flexibility index (Phi) is 4.27. The maximum Gasteiger partial charge on any atom is 0.250 e. The second kappa shape index (κ2) is 5.81. The van der Waals surface area contributed by atoms with Crippen LogP contribution in [0.15, 0.2) is 12.1 Å². The molecule has 0 bridgehead atoms. The van der Waals surface area contributed by atoms with Gasteiger partial charge in [-0.25, -0.2) is 0 Å². The van der Waals surface area contributed by atoms with E-state index in [0.29, 0.717) is 22.2 Å². The molecule has 1 N–H and O–H groups in total. The largest absolute Gasteiger partial charge is 0.495 e.